The lowest BCUT2D eigenvalue weighted by atomic mass is 9.94. The van der Waals surface area contributed by atoms with Gasteiger partial charge in [-0.1, -0.05) is 6.92 Å². The van der Waals surface area contributed by atoms with Crippen molar-refractivity contribution < 1.29 is 13.2 Å². The highest BCUT2D eigenvalue weighted by Crippen LogP contribution is 2.24. The van der Waals surface area contributed by atoms with Crippen LogP contribution in [-0.2, 0) is 14.6 Å². The quantitative estimate of drug-likeness (QED) is 0.515. The van der Waals surface area contributed by atoms with Gasteiger partial charge in [0.05, 0.1) is 18.5 Å². The van der Waals surface area contributed by atoms with Crippen LogP contribution in [0, 0.1) is 5.92 Å². The van der Waals surface area contributed by atoms with E-state index in [0.29, 0.717) is 12.3 Å². The van der Waals surface area contributed by atoms with Gasteiger partial charge in [0.15, 0.2) is 0 Å². The summed E-state index contributed by atoms with van der Waals surface area (Å²) < 4.78 is 28.2. The van der Waals surface area contributed by atoms with E-state index in [2.05, 4.69) is 12.3 Å². The smallest absolute Gasteiger partial charge is 0.150 e. The van der Waals surface area contributed by atoms with Crippen molar-refractivity contribution in [2.45, 2.75) is 45.3 Å². The van der Waals surface area contributed by atoms with Gasteiger partial charge < -0.3 is 4.74 Å². The standard InChI is InChI=1S/C11H24N2O3S/c1-3-17(14,15)6-4-5-11(13-12)10-7-9(2)16-8-10/h9-11,13H,3-8,12H2,1-2H3. The van der Waals surface area contributed by atoms with Gasteiger partial charge in [-0.05, 0) is 26.2 Å². The van der Waals surface area contributed by atoms with Crippen LogP contribution in [0.15, 0.2) is 0 Å². The molecule has 1 aliphatic rings. The summed E-state index contributed by atoms with van der Waals surface area (Å²) in [7, 11) is -2.86. The van der Waals surface area contributed by atoms with Crippen molar-refractivity contribution in [2.75, 3.05) is 18.1 Å². The molecule has 5 nitrogen and oxygen atoms in total. The SMILES string of the molecule is CCS(=O)(=O)CCCC(NN)C1COC(C)C1. The number of hydrogen-bond acceptors (Lipinski definition) is 5. The van der Waals surface area contributed by atoms with E-state index >= 15 is 0 Å². The third-order valence-electron chi connectivity index (χ3n) is 3.42. The van der Waals surface area contributed by atoms with Crippen LogP contribution in [0.4, 0.5) is 0 Å². The number of nitrogens with one attached hydrogen (secondary N) is 1. The van der Waals surface area contributed by atoms with Gasteiger partial charge in [-0.25, -0.2) is 8.42 Å². The maximum absolute atomic E-state index is 11.4. The molecule has 0 radical (unpaired) electrons. The van der Waals surface area contributed by atoms with Gasteiger partial charge in [0.1, 0.15) is 9.84 Å². The zero-order valence-corrected chi connectivity index (χ0v) is 11.5. The largest absolute Gasteiger partial charge is 0.378 e. The molecule has 1 fully saturated rings. The predicted octanol–water partition coefficient (Wildman–Crippen LogP) is 0.458. The first-order valence-corrected chi connectivity index (χ1v) is 8.08. The molecular weight excluding hydrogens is 240 g/mol. The zero-order valence-electron chi connectivity index (χ0n) is 10.7. The van der Waals surface area contributed by atoms with Crippen molar-refractivity contribution >= 4 is 9.84 Å². The molecule has 3 unspecified atom stereocenters. The van der Waals surface area contributed by atoms with Crippen LogP contribution in [0.25, 0.3) is 0 Å². The average molecular weight is 264 g/mol. The van der Waals surface area contributed by atoms with Crippen molar-refractivity contribution in [3.63, 3.8) is 0 Å². The molecule has 0 bridgehead atoms. The monoisotopic (exact) mass is 264 g/mol. The molecular formula is C11H24N2O3S. The second-order valence-electron chi connectivity index (χ2n) is 4.79. The second kappa shape index (κ2) is 6.68. The van der Waals surface area contributed by atoms with E-state index < -0.39 is 9.84 Å². The summed E-state index contributed by atoms with van der Waals surface area (Å²) in [4.78, 5) is 0. The highest BCUT2D eigenvalue weighted by molar-refractivity contribution is 7.91. The van der Waals surface area contributed by atoms with Crippen molar-refractivity contribution in [2.24, 2.45) is 11.8 Å². The van der Waals surface area contributed by atoms with Crippen molar-refractivity contribution in [1.29, 1.82) is 0 Å². The zero-order chi connectivity index (χ0) is 12.9. The average Bonchev–Trinajstić information content (AvgIpc) is 2.71. The molecule has 6 heteroatoms. The van der Waals surface area contributed by atoms with Crippen LogP contribution in [0.2, 0.25) is 0 Å². The first-order valence-electron chi connectivity index (χ1n) is 6.26. The summed E-state index contributed by atoms with van der Waals surface area (Å²) in [5.74, 6) is 6.40. The number of ether oxygens (including phenoxy) is 1. The highest BCUT2D eigenvalue weighted by Gasteiger charge is 2.28. The van der Waals surface area contributed by atoms with Crippen molar-refractivity contribution in [1.82, 2.24) is 5.43 Å². The summed E-state index contributed by atoms with van der Waals surface area (Å²) in [6, 6.07) is 0.159. The minimum atomic E-state index is -2.86. The first kappa shape index (κ1) is 14.9. The molecule has 17 heavy (non-hydrogen) atoms. The van der Waals surface area contributed by atoms with E-state index in [1.54, 1.807) is 6.92 Å². The highest BCUT2D eigenvalue weighted by atomic mass is 32.2. The molecule has 1 aliphatic heterocycles. The molecule has 3 N–H and O–H groups in total. The molecule has 3 atom stereocenters. The van der Waals surface area contributed by atoms with Crippen LogP contribution in [-0.4, -0.2) is 38.7 Å². The van der Waals surface area contributed by atoms with Gasteiger partial charge in [0.25, 0.3) is 0 Å². The first-order chi connectivity index (χ1) is 7.98. The van der Waals surface area contributed by atoms with E-state index in [0.717, 1.165) is 19.4 Å². The third-order valence-corrected chi connectivity index (χ3v) is 5.21. The maximum atomic E-state index is 11.4. The fourth-order valence-electron chi connectivity index (χ4n) is 2.25. The Morgan fingerprint density at radius 1 is 1.53 bits per heavy atom. The minimum absolute atomic E-state index is 0.159. The van der Waals surface area contributed by atoms with Gasteiger partial charge in [0.2, 0.25) is 0 Å². The predicted molar refractivity (Wildman–Crippen MR) is 68.2 cm³/mol. The van der Waals surface area contributed by atoms with E-state index in [9.17, 15) is 8.42 Å². The van der Waals surface area contributed by atoms with E-state index in [4.69, 9.17) is 10.6 Å². The summed E-state index contributed by atoms with van der Waals surface area (Å²) in [5.41, 5.74) is 2.79. The van der Waals surface area contributed by atoms with Crippen LogP contribution in [0.3, 0.4) is 0 Å². The lowest BCUT2D eigenvalue weighted by Crippen LogP contribution is -2.41. The molecule has 0 aromatic carbocycles. The molecule has 1 saturated heterocycles. The summed E-state index contributed by atoms with van der Waals surface area (Å²) >= 11 is 0. The van der Waals surface area contributed by atoms with Crippen LogP contribution < -0.4 is 11.3 Å². The Balaban J connectivity index is 2.33. The van der Waals surface area contributed by atoms with Gasteiger partial charge in [-0.3, -0.25) is 11.3 Å². The van der Waals surface area contributed by atoms with E-state index in [1.807, 2.05) is 0 Å². The fourth-order valence-corrected chi connectivity index (χ4v) is 3.15. The molecule has 0 saturated carbocycles. The molecule has 102 valence electrons. The van der Waals surface area contributed by atoms with Crippen molar-refractivity contribution in [3.05, 3.63) is 0 Å². The number of nitrogens with two attached hydrogens (primary N) is 1. The Kier molecular flexibility index (Phi) is 5.85. The van der Waals surface area contributed by atoms with Gasteiger partial charge in [0, 0.05) is 17.7 Å². The van der Waals surface area contributed by atoms with Crippen LogP contribution in [0.5, 0.6) is 0 Å². The summed E-state index contributed by atoms with van der Waals surface area (Å²) in [6.45, 7) is 4.45. The molecule has 1 heterocycles. The number of hydrogen-bond donors (Lipinski definition) is 2. The number of sulfone groups is 1. The van der Waals surface area contributed by atoms with E-state index in [1.165, 1.54) is 0 Å². The van der Waals surface area contributed by atoms with E-state index in [-0.39, 0.29) is 23.7 Å². The second-order valence-corrected chi connectivity index (χ2v) is 7.26. The summed E-state index contributed by atoms with van der Waals surface area (Å²) in [5, 5.41) is 0. The van der Waals surface area contributed by atoms with Gasteiger partial charge in [-0.15, -0.1) is 0 Å². The van der Waals surface area contributed by atoms with Gasteiger partial charge in [-0.2, -0.15) is 0 Å². The summed E-state index contributed by atoms with van der Waals surface area (Å²) in [6.07, 6.45) is 2.73. The van der Waals surface area contributed by atoms with Crippen LogP contribution >= 0.6 is 0 Å². The lowest BCUT2D eigenvalue weighted by Gasteiger charge is -2.21. The normalized spacial score (nSPS) is 27.2. The topological polar surface area (TPSA) is 81.4 Å². The molecule has 0 spiro atoms. The van der Waals surface area contributed by atoms with Crippen molar-refractivity contribution in [3.8, 4) is 0 Å². The molecule has 0 aromatic rings. The third kappa shape index (κ3) is 4.91. The Morgan fingerprint density at radius 2 is 2.24 bits per heavy atom. The minimum Gasteiger partial charge on any atom is -0.378 e. The Labute approximate surface area is 104 Å². The Morgan fingerprint density at radius 3 is 2.71 bits per heavy atom. The number of hydrazine groups is 1. The molecule has 0 amide bonds. The number of rotatable bonds is 7. The molecule has 0 aromatic heterocycles. The Bertz CT molecular complexity index is 319. The van der Waals surface area contributed by atoms with Crippen LogP contribution in [0.1, 0.15) is 33.1 Å². The molecule has 1 rings (SSSR count). The Hall–Kier alpha value is -0.170. The van der Waals surface area contributed by atoms with Gasteiger partial charge >= 0.3 is 0 Å². The lowest BCUT2D eigenvalue weighted by molar-refractivity contribution is 0.116. The molecule has 0 aliphatic carbocycles. The maximum Gasteiger partial charge on any atom is 0.150 e. The fraction of sp³-hybridized carbons (Fsp3) is 1.00.